The van der Waals surface area contributed by atoms with Crippen LogP contribution in [0.4, 0.5) is 0 Å². The molecule has 8 aliphatic carbocycles. The van der Waals surface area contributed by atoms with Crippen LogP contribution in [0.2, 0.25) is 0 Å². The summed E-state index contributed by atoms with van der Waals surface area (Å²) in [7, 11) is -0.524. The van der Waals surface area contributed by atoms with Gasteiger partial charge in [0.25, 0.3) is 5.03 Å². The maximum atomic E-state index is 13.9. The molecular formula is C49H59NO7S. The summed E-state index contributed by atoms with van der Waals surface area (Å²) < 4.78 is 38.1. The van der Waals surface area contributed by atoms with Crippen LogP contribution in [0.25, 0.3) is 4.85 Å². The number of allylic oxidation sites excluding steroid dienone is 9. The van der Waals surface area contributed by atoms with Crippen molar-refractivity contribution < 1.29 is 32.3 Å². The Labute approximate surface area is 345 Å². The van der Waals surface area contributed by atoms with Gasteiger partial charge < -0.3 is 9.47 Å². The zero-order valence-corrected chi connectivity index (χ0v) is 36.1. The van der Waals surface area contributed by atoms with E-state index in [4.69, 9.17) is 16.0 Å². The average molecular weight is 806 g/mol. The highest BCUT2D eigenvalue weighted by molar-refractivity contribution is 7.95. The molecule has 0 amide bonds. The molecule has 8 aliphatic rings. The van der Waals surface area contributed by atoms with Crippen LogP contribution >= 0.6 is 0 Å². The molecule has 10 atom stereocenters. The van der Waals surface area contributed by atoms with Crippen molar-refractivity contribution in [3.63, 3.8) is 0 Å². The quantitative estimate of drug-likeness (QED) is 0.279. The lowest BCUT2D eigenvalue weighted by Crippen LogP contribution is -2.54. The molecule has 0 aliphatic heterocycles. The molecule has 8 nitrogen and oxygen atoms in total. The van der Waals surface area contributed by atoms with Gasteiger partial charge in [0, 0.05) is 60.2 Å². The summed E-state index contributed by atoms with van der Waals surface area (Å²) in [6, 6.07) is 6.67. The number of nitrogens with zero attached hydrogens (tertiary/aromatic N) is 1. The minimum Gasteiger partial charge on any atom is -0.501 e. The molecule has 1 aromatic carbocycles. The van der Waals surface area contributed by atoms with Crippen LogP contribution in [-0.4, -0.2) is 40.0 Å². The van der Waals surface area contributed by atoms with Gasteiger partial charge in [-0.05, 0) is 122 Å². The third kappa shape index (κ3) is 6.00. The van der Waals surface area contributed by atoms with Crippen LogP contribution < -0.4 is 0 Å². The van der Waals surface area contributed by atoms with Crippen molar-refractivity contribution in [3.8, 4) is 0 Å². The highest BCUT2D eigenvalue weighted by Gasteiger charge is 2.63. The number of methoxy groups -OCH3 is 2. The number of hydrogen-bond donors (Lipinski definition) is 0. The molecule has 9 rings (SSSR count). The van der Waals surface area contributed by atoms with Crippen molar-refractivity contribution in [2.75, 3.05) is 14.2 Å². The van der Waals surface area contributed by atoms with Crippen molar-refractivity contribution in [2.24, 2.45) is 57.2 Å². The second-order valence-corrected chi connectivity index (χ2v) is 21.4. The summed E-state index contributed by atoms with van der Waals surface area (Å²) in [4.78, 5) is 43.1. The van der Waals surface area contributed by atoms with Crippen molar-refractivity contribution in [3.05, 3.63) is 98.8 Å². The maximum Gasteiger partial charge on any atom is 0.282 e. The fourth-order valence-electron chi connectivity index (χ4n) is 13.7. The number of aryl methyl sites for hydroxylation is 1. The van der Waals surface area contributed by atoms with Crippen LogP contribution in [0.5, 0.6) is 0 Å². The fraction of sp³-hybridized carbons (Fsp3) is 0.592. The van der Waals surface area contributed by atoms with E-state index in [2.05, 4.69) is 43.0 Å². The number of sulfone groups is 1. The second-order valence-electron chi connectivity index (χ2n) is 19.6. The lowest BCUT2D eigenvalue weighted by Gasteiger charge is -2.55. The topological polar surface area (TPSA) is 108 Å². The number of carbonyl (C=O) groups excluding carboxylic acids is 3. The van der Waals surface area contributed by atoms with E-state index in [1.807, 2.05) is 20.8 Å². The molecule has 0 saturated heterocycles. The number of hydrogen-bond acceptors (Lipinski definition) is 7. The molecule has 1 aromatic rings. The number of ether oxygens (including phenoxy) is 2. The standard InChI is InChI=1S/C29H33NO4S.C20H26O3/c1-18-6-9-21(10-7-18)35(32,33)27(30-4)24-13-12-23-22-11-8-19-16-20(34-5)14-15-28(19,2)26(22)25(31)17-29(23,24)3;1-19-9-8-13(23-3)10-12(19)4-5-14-15-6-7-17(22)20(15,2)11-16(21)18(14)19/h6-10,16,22-23,26H,11-15,17H2,1-3,5H3;4,10,14-15,18H,5-9,11H2,1-3H3/t22-,23-,26+,28-,29-;14-,15-,18+,19-,20-/m00/s1. The summed E-state index contributed by atoms with van der Waals surface area (Å²) >= 11 is 0. The van der Waals surface area contributed by atoms with E-state index >= 15 is 0 Å². The summed E-state index contributed by atoms with van der Waals surface area (Å²) in [6.07, 6.45) is 18.0. The van der Waals surface area contributed by atoms with Crippen molar-refractivity contribution in [2.45, 2.75) is 117 Å². The second kappa shape index (κ2) is 14.3. The van der Waals surface area contributed by atoms with Gasteiger partial charge in [-0.3, -0.25) is 14.4 Å². The van der Waals surface area contributed by atoms with Gasteiger partial charge in [-0.25, -0.2) is 13.3 Å². The first-order valence-corrected chi connectivity index (χ1v) is 22.9. The largest absolute Gasteiger partial charge is 0.501 e. The number of Topliss-reactive ketones (excluding diaryl/α,β-unsaturated/α-hetero) is 3. The maximum absolute atomic E-state index is 13.9. The van der Waals surface area contributed by atoms with E-state index in [0.29, 0.717) is 54.7 Å². The van der Waals surface area contributed by atoms with Crippen LogP contribution in [0, 0.1) is 70.7 Å². The average Bonchev–Trinajstić information content (AvgIpc) is 3.68. The molecule has 4 fully saturated rings. The summed E-state index contributed by atoms with van der Waals surface area (Å²) in [6.45, 7) is 18.3. The summed E-state index contributed by atoms with van der Waals surface area (Å²) in [5, 5.41) is -0.166. The van der Waals surface area contributed by atoms with Gasteiger partial charge >= 0.3 is 0 Å². The molecule has 308 valence electrons. The molecule has 58 heavy (non-hydrogen) atoms. The Morgan fingerprint density at radius 3 is 1.69 bits per heavy atom. The van der Waals surface area contributed by atoms with Crippen LogP contribution in [-0.2, 0) is 33.7 Å². The lowest BCUT2D eigenvalue weighted by molar-refractivity contribution is -0.147. The molecule has 0 heterocycles. The number of ketones is 3. The number of rotatable bonds is 4. The molecule has 0 aromatic heterocycles. The molecule has 4 saturated carbocycles. The van der Waals surface area contributed by atoms with Gasteiger partial charge in [0.15, 0.2) is 0 Å². The molecule has 0 radical (unpaired) electrons. The van der Waals surface area contributed by atoms with E-state index in [-0.39, 0.29) is 55.6 Å². The summed E-state index contributed by atoms with van der Waals surface area (Å²) in [5.74, 6) is 3.95. The van der Waals surface area contributed by atoms with Gasteiger partial charge in [-0.2, -0.15) is 0 Å². The van der Waals surface area contributed by atoms with E-state index in [1.54, 1.807) is 38.5 Å². The zero-order chi connectivity index (χ0) is 41.6. The van der Waals surface area contributed by atoms with Gasteiger partial charge in [-0.1, -0.05) is 57.5 Å². The molecule has 0 bridgehead atoms. The van der Waals surface area contributed by atoms with Crippen molar-refractivity contribution >= 4 is 27.2 Å². The van der Waals surface area contributed by atoms with E-state index in [0.717, 1.165) is 68.4 Å². The Hall–Kier alpha value is -4.03. The predicted octanol–water partition coefficient (Wildman–Crippen LogP) is 10.0. The summed E-state index contributed by atoms with van der Waals surface area (Å²) in [5.41, 5.74) is 2.84. The van der Waals surface area contributed by atoms with Gasteiger partial charge in [0.1, 0.15) is 17.3 Å². The number of fused-ring (bicyclic) bond motifs is 10. The molecule has 9 heteroatoms. The molecule has 0 unspecified atom stereocenters. The minimum atomic E-state index is -3.95. The molecule has 0 N–H and O–H groups in total. The van der Waals surface area contributed by atoms with Gasteiger partial charge in [-0.15, -0.1) is 0 Å². The smallest absolute Gasteiger partial charge is 0.282 e. The monoisotopic (exact) mass is 805 g/mol. The van der Waals surface area contributed by atoms with Crippen molar-refractivity contribution in [1.82, 2.24) is 0 Å². The molecule has 0 spiro atoms. The normalized spacial score (nSPS) is 39.6. The number of benzene rings is 1. The molecular weight excluding hydrogens is 747 g/mol. The Kier molecular flexibility index (Phi) is 10.1. The first kappa shape index (κ1) is 40.7. The SMILES string of the molecule is COC1=CC2=CC[C@@H]3[C@H](C(=O)C[C@]4(C)C(=O)CC[C@@H]34)[C@@]2(C)CC1.[C-]#[N+]C(=C1CC[C@H]2[C@@H]3CC=C4C=C(OC)CC[C@]4(C)[C@H]3C(=O)C[C@]12C)S(=O)(=O)c1ccc(C)cc1. The Bertz CT molecular complexity index is 2270. The third-order valence-corrected chi connectivity index (χ3v) is 18.6. The van der Waals surface area contributed by atoms with Gasteiger partial charge in [0.2, 0.25) is 9.84 Å². The lowest BCUT2D eigenvalue weighted by atomic mass is 9.48. The highest BCUT2D eigenvalue weighted by atomic mass is 32.2. The first-order chi connectivity index (χ1) is 27.5. The fourth-order valence-corrected chi connectivity index (χ4v) is 15.2. The van der Waals surface area contributed by atoms with Crippen LogP contribution in [0.1, 0.15) is 110 Å². The Balaban J connectivity index is 0.000000176. The number of carbonyl (C=O) groups is 3. The van der Waals surface area contributed by atoms with E-state index < -0.39 is 15.3 Å². The van der Waals surface area contributed by atoms with E-state index in [9.17, 15) is 22.8 Å². The van der Waals surface area contributed by atoms with Crippen LogP contribution in [0.3, 0.4) is 0 Å². The third-order valence-electron chi connectivity index (χ3n) is 16.8. The van der Waals surface area contributed by atoms with Crippen LogP contribution in [0.15, 0.2) is 86.7 Å². The predicted molar refractivity (Wildman–Crippen MR) is 222 cm³/mol. The van der Waals surface area contributed by atoms with Crippen molar-refractivity contribution in [1.29, 1.82) is 0 Å². The Morgan fingerprint density at radius 1 is 0.707 bits per heavy atom. The van der Waals surface area contributed by atoms with Gasteiger partial charge in [0.05, 0.1) is 37.2 Å². The minimum absolute atomic E-state index is 0.0697. The first-order valence-electron chi connectivity index (χ1n) is 21.4. The zero-order valence-electron chi connectivity index (χ0n) is 35.3. The highest BCUT2D eigenvalue weighted by Crippen LogP contribution is 2.66. The van der Waals surface area contributed by atoms with E-state index in [1.165, 1.54) is 11.1 Å². The Morgan fingerprint density at radius 2 is 1.19 bits per heavy atom.